The molecule has 9 heteroatoms. The molecule has 0 saturated heterocycles. The number of hydrogen-bond donors (Lipinski definition) is 4. The summed E-state index contributed by atoms with van der Waals surface area (Å²) >= 11 is 0. The number of rotatable bonds is 6. The monoisotopic (exact) mass is 386 g/mol. The van der Waals surface area contributed by atoms with Crippen LogP contribution in [0.3, 0.4) is 0 Å². The molecule has 1 aromatic rings. The largest absolute Gasteiger partial charge is 0.390 e. The van der Waals surface area contributed by atoms with E-state index in [0.717, 1.165) is 0 Å². The van der Waals surface area contributed by atoms with Gasteiger partial charge >= 0.3 is 6.03 Å². The molecule has 0 bridgehead atoms. The van der Waals surface area contributed by atoms with Crippen LogP contribution in [0.5, 0.6) is 0 Å². The molecule has 1 aliphatic carbocycles. The average molecular weight is 386 g/mol. The number of amides is 3. The molecule has 3 amide bonds. The van der Waals surface area contributed by atoms with Gasteiger partial charge in [-0.05, 0) is 18.4 Å². The van der Waals surface area contributed by atoms with Gasteiger partial charge in [0.2, 0.25) is 5.92 Å². The number of urea groups is 1. The molecule has 1 fully saturated rings. The van der Waals surface area contributed by atoms with E-state index in [2.05, 4.69) is 0 Å². The second kappa shape index (κ2) is 8.28. The second-order valence-electron chi connectivity index (χ2n) is 6.98. The van der Waals surface area contributed by atoms with E-state index < -0.39 is 54.9 Å². The van der Waals surface area contributed by atoms with Gasteiger partial charge in [-0.2, -0.15) is 0 Å². The minimum Gasteiger partial charge on any atom is -0.390 e. The lowest BCUT2D eigenvalue weighted by atomic mass is 9.77. The number of nitrogens with zero attached hydrogens (tertiary/aromatic N) is 1. The van der Waals surface area contributed by atoms with Crippen molar-refractivity contribution in [2.24, 2.45) is 5.73 Å². The van der Waals surface area contributed by atoms with Gasteiger partial charge in [-0.25, -0.2) is 13.6 Å². The number of benzene rings is 1. The zero-order valence-electron chi connectivity index (χ0n) is 14.7. The molecule has 5 N–H and O–H groups in total. The summed E-state index contributed by atoms with van der Waals surface area (Å²) in [6.45, 7) is -0.168. The Hall–Kier alpha value is -2.10. The summed E-state index contributed by atoms with van der Waals surface area (Å²) in [5.41, 5.74) is 4.00. The molecular weight excluding hydrogens is 362 g/mol. The molecule has 0 heterocycles. The highest BCUT2D eigenvalue weighted by Gasteiger charge is 2.47. The SMILES string of the molecule is NC(=O)N(Cc1ccccc1)C(=O)C(O)CC(O)C1(O)CCC(F)(F)CC1. The standard InChI is InChI=1S/C18H24F2N2O5/c19-18(20)8-6-17(27,7-9-18)14(24)10-13(23)15(25)22(16(21)26)11-12-4-2-1-3-5-12/h1-5,13-14,23-24,27H,6-11H2,(H2,21,26). The second-order valence-corrected chi connectivity index (χ2v) is 6.98. The fourth-order valence-electron chi connectivity index (χ4n) is 3.12. The van der Waals surface area contributed by atoms with Crippen molar-refractivity contribution < 1.29 is 33.7 Å². The quantitative estimate of drug-likeness (QED) is 0.584. The Morgan fingerprint density at radius 1 is 1.11 bits per heavy atom. The normalized spacial score (nSPS) is 20.5. The summed E-state index contributed by atoms with van der Waals surface area (Å²) in [6.07, 6.45) is -5.91. The maximum Gasteiger partial charge on any atom is 0.321 e. The number of aliphatic hydroxyl groups excluding tert-OH is 2. The number of nitrogens with two attached hydrogens (primary N) is 1. The summed E-state index contributed by atoms with van der Waals surface area (Å²) in [5.74, 6) is -3.94. The van der Waals surface area contributed by atoms with Crippen LogP contribution >= 0.6 is 0 Å². The Labute approximate surface area is 155 Å². The van der Waals surface area contributed by atoms with Gasteiger partial charge in [0.25, 0.3) is 5.91 Å². The molecule has 1 aromatic carbocycles. The van der Waals surface area contributed by atoms with Crippen LogP contribution in [0.1, 0.15) is 37.7 Å². The molecule has 0 aliphatic heterocycles. The number of carbonyl (C=O) groups excluding carboxylic acids is 2. The molecule has 1 aliphatic rings. The summed E-state index contributed by atoms with van der Waals surface area (Å²) in [4.78, 5) is 24.6. The van der Waals surface area contributed by atoms with Crippen LogP contribution in [-0.4, -0.2) is 55.9 Å². The summed E-state index contributed by atoms with van der Waals surface area (Å²) in [5, 5.41) is 30.7. The number of primary amides is 1. The van der Waals surface area contributed by atoms with E-state index in [1.807, 2.05) is 0 Å². The smallest absolute Gasteiger partial charge is 0.321 e. The molecule has 150 valence electrons. The first-order valence-electron chi connectivity index (χ1n) is 8.65. The van der Waals surface area contributed by atoms with Gasteiger partial charge in [0.05, 0.1) is 18.2 Å². The molecule has 0 radical (unpaired) electrons. The van der Waals surface area contributed by atoms with Gasteiger partial charge in [-0.3, -0.25) is 9.69 Å². The number of carbonyl (C=O) groups is 2. The van der Waals surface area contributed by atoms with Crippen LogP contribution < -0.4 is 5.73 Å². The van der Waals surface area contributed by atoms with E-state index in [9.17, 15) is 33.7 Å². The summed E-state index contributed by atoms with van der Waals surface area (Å²) in [6, 6.07) is 7.40. The summed E-state index contributed by atoms with van der Waals surface area (Å²) in [7, 11) is 0. The minimum absolute atomic E-state index is 0.168. The van der Waals surface area contributed by atoms with Crippen LogP contribution in [0.4, 0.5) is 13.6 Å². The Balaban J connectivity index is 2.01. The molecule has 1 saturated carbocycles. The lowest BCUT2D eigenvalue weighted by Crippen LogP contribution is -2.51. The van der Waals surface area contributed by atoms with Crippen molar-refractivity contribution in [2.45, 2.75) is 62.4 Å². The zero-order chi connectivity index (χ0) is 20.2. The molecular formula is C18H24F2N2O5. The van der Waals surface area contributed by atoms with Crippen molar-refractivity contribution in [2.75, 3.05) is 0 Å². The van der Waals surface area contributed by atoms with E-state index in [4.69, 9.17) is 5.73 Å². The lowest BCUT2D eigenvalue weighted by molar-refractivity contribution is -0.161. The number of aliphatic hydroxyl groups is 3. The topological polar surface area (TPSA) is 124 Å². The Morgan fingerprint density at radius 3 is 2.19 bits per heavy atom. The third-order valence-corrected chi connectivity index (χ3v) is 4.91. The molecule has 0 spiro atoms. The first-order valence-corrected chi connectivity index (χ1v) is 8.65. The van der Waals surface area contributed by atoms with E-state index in [0.29, 0.717) is 10.5 Å². The first-order chi connectivity index (χ1) is 12.5. The van der Waals surface area contributed by atoms with E-state index in [1.165, 1.54) is 0 Å². The number of halogens is 2. The Bertz CT molecular complexity index is 661. The third-order valence-electron chi connectivity index (χ3n) is 4.91. The Kier molecular flexibility index (Phi) is 6.50. The highest BCUT2D eigenvalue weighted by atomic mass is 19.3. The fourth-order valence-corrected chi connectivity index (χ4v) is 3.12. The molecule has 2 rings (SSSR count). The van der Waals surface area contributed by atoms with E-state index in [1.54, 1.807) is 30.3 Å². The predicted octanol–water partition coefficient (Wildman–Crippen LogP) is 1.15. The van der Waals surface area contributed by atoms with Crippen molar-refractivity contribution >= 4 is 11.9 Å². The molecule has 7 nitrogen and oxygen atoms in total. The lowest BCUT2D eigenvalue weighted by Gasteiger charge is -2.39. The van der Waals surface area contributed by atoms with Crippen molar-refractivity contribution in [1.82, 2.24) is 4.90 Å². The third kappa shape index (κ3) is 5.44. The van der Waals surface area contributed by atoms with Crippen LogP contribution in [-0.2, 0) is 11.3 Å². The molecule has 2 unspecified atom stereocenters. The van der Waals surface area contributed by atoms with Gasteiger partial charge in [-0.1, -0.05) is 30.3 Å². The van der Waals surface area contributed by atoms with Crippen LogP contribution in [0.2, 0.25) is 0 Å². The van der Waals surface area contributed by atoms with Crippen LogP contribution in [0.25, 0.3) is 0 Å². The minimum atomic E-state index is -2.90. The molecule has 0 aromatic heterocycles. The first kappa shape index (κ1) is 21.2. The number of hydrogen-bond acceptors (Lipinski definition) is 5. The van der Waals surface area contributed by atoms with Crippen LogP contribution in [0, 0.1) is 0 Å². The van der Waals surface area contributed by atoms with E-state index >= 15 is 0 Å². The summed E-state index contributed by atoms with van der Waals surface area (Å²) < 4.78 is 26.5. The number of imide groups is 1. The van der Waals surface area contributed by atoms with Gasteiger partial charge in [-0.15, -0.1) is 0 Å². The maximum absolute atomic E-state index is 13.2. The van der Waals surface area contributed by atoms with Crippen molar-refractivity contribution in [3.63, 3.8) is 0 Å². The van der Waals surface area contributed by atoms with Crippen molar-refractivity contribution in [1.29, 1.82) is 0 Å². The zero-order valence-corrected chi connectivity index (χ0v) is 14.7. The van der Waals surface area contributed by atoms with Gasteiger partial charge < -0.3 is 21.1 Å². The van der Waals surface area contributed by atoms with Gasteiger partial charge in [0.15, 0.2) is 0 Å². The number of alkyl halides is 2. The maximum atomic E-state index is 13.2. The highest BCUT2D eigenvalue weighted by Crippen LogP contribution is 2.40. The fraction of sp³-hybridized carbons (Fsp3) is 0.556. The van der Waals surface area contributed by atoms with Crippen molar-refractivity contribution in [3.05, 3.63) is 35.9 Å². The van der Waals surface area contributed by atoms with Gasteiger partial charge in [0.1, 0.15) is 6.10 Å². The molecule has 2 atom stereocenters. The molecule has 27 heavy (non-hydrogen) atoms. The van der Waals surface area contributed by atoms with Gasteiger partial charge in [0, 0.05) is 19.3 Å². The average Bonchev–Trinajstić information content (AvgIpc) is 2.62. The van der Waals surface area contributed by atoms with Crippen molar-refractivity contribution in [3.8, 4) is 0 Å². The highest BCUT2D eigenvalue weighted by molar-refractivity contribution is 5.95. The predicted molar refractivity (Wildman–Crippen MR) is 91.6 cm³/mol. The van der Waals surface area contributed by atoms with Crippen LogP contribution in [0.15, 0.2) is 30.3 Å². The Morgan fingerprint density at radius 2 is 1.67 bits per heavy atom. The van der Waals surface area contributed by atoms with E-state index in [-0.39, 0.29) is 19.4 Å².